The number of benzene rings is 3. The van der Waals surface area contributed by atoms with Crippen molar-refractivity contribution in [2.75, 3.05) is 13.1 Å². The van der Waals surface area contributed by atoms with Crippen molar-refractivity contribution in [3.8, 4) is 11.1 Å². The summed E-state index contributed by atoms with van der Waals surface area (Å²) in [6, 6.07) is 27.2. The molecule has 0 aliphatic carbocycles. The van der Waals surface area contributed by atoms with Gasteiger partial charge in [-0.1, -0.05) is 83.4 Å². The Balaban J connectivity index is 1.17. The molecule has 1 fully saturated rings. The number of nitrogens with zero attached hydrogens (tertiary/aromatic N) is 2. The molecule has 1 unspecified atom stereocenters. The van der Waals surface area contributed by atoms with Gasteiger partial charge in [0.1, 0.15) is 6.10 Å². The summed E-state index contributed by atoms with van der Waals surface area (Å²) < 4.78 is 6.87. The van der Waals surface area contributed by atoms with Crippen molar-refractivity contribution in [2.45, 2.75) is 38.0 Å². The molecule has 2 aliphatic heterocycles. The minimum atomic E-state index is -0.283. The van der Waals surface area contributed by atoms with Crippen molar-refractivity contribution in [3.63, 3.8) is 0 Å². The number of aryl methyl sites for hydroxylation is 1. The maximum atomic E-state index is 6.87. The van der Waals surface area contributed by atoms with E-state index in [-0.39, 0.29) is 11.7 Å². The zero-order chi connectivity index (χ0) is 24.7. The van der Waals surface area contributed by atoms with Crippen molar-refractivity contribution < 1.29 is 4.74 Å². The van der Waals surface area contributed by atoms with Crippen LogP contribution in [0.15, 0.2) is 85.1 Å². The lowest BCUT2D eigenvalue weighted by Crippen LogP contribution is -2.42. The minimum Gasteiger partial charge on any atom is -0.358 e. The second-order valence-electron chi connectivity index (χ2n) is 9.97. The summed E-state index contributed by atoms with van der Waals surface area (Å²) in [5, 5.41) is 1.27. The molecule has 3 nitrogen and oxygen atoms in total. The lowest BCUT2D eigenvalue weighted by molar-refractivity contribution is -0.0979. The molecule has 3 heterocycles. The first kappa shape index (κ1) is 23.7. The number of hydrogen-bond donors (Lipinski definition) is 0. The molecule has 0 N–H and O–H groups in total. The monoisotopic (exact) mass is 514 g/mol. The van der Waals surface area contributed by atoms with Crippen molar-refractivity contribution in [2.24, 2.45) is 0 Å². The van der Waals surface area contributed by atoms with E-state index < -0.39 is 0 Å². The van der Waals surface area contributed by atoms with E-state index in [0.29, 0.717) is 10.0 Å². The Morgan fingerprint density at radius 1 is 0.889 bits per heavy atom. The summed E-state index contributed by atoms with van der Waals surface area (Å²) in [4.78, 5) is 7.26. The minimum absolute atomic E-state index is 0.153. The highest BCUT2D eigenvalue weighted by Gasteiger charge is 2.47. The van der Waals surface area contributed by atoms with E-state index in [4.69, 9.17) is 32.9 Å². The second-order valence-corrected chi connectivity index (χ2v) is 10.8. The standard InChI is InChI=1S/C31H28Cl2N2O/c1-21-5-4-6-22(15-21)23-9-10-27(34-19-23)20-35-13-11-31(12-14-35)29-8-3-2-7-28(29)30(36-31)24-16-25(32)18-26(33)17-24/h2-10,15-19,30H,11-14,20H2,1H3. The van der Waals surface area contributed by atoms with E-state index in [9.17, 15) is 0 Å². The van der Waals surface area contributed by atoms with Gasteiger partial charge in [0.05, 0.1) is 11.3 Å². The molecule has 5 heteroatoms. The molecule has 0 amide bonds. The largest absolute Gasteiger partial charge is 0.358 e. The molecular weight excluding hydrogens is 487 g/mol. The summed E-state index contributed by atoms with van der Waals surface area (Å²) in [5.41, 5.74) is 7.97. The van der Waals surface area contributed by atoms with Gasteiger partial charge in [0.25, 0.3) is 0 Å². The van der Waals surface area contributed by atoms with Gasteiger partial charge in [-0.3, -0.25) is 9.88 Å². The summed E-state index contributed by atoms with van der Waals surface area (Å²) >= 11 is 12.7. The second kappa shape index (κ2) is 9.64. The Kier molecular flexibility index (Phi) is 6.35. The molecule has 1 spiro atoms. The van der Waals surface area contributed by atoms with Crippen LogP contribution in [0.1, 0.15) is 46.9 Å². The van der Waals surface area contributed by atoms with Crippen LogP contribution in [0.2, 0.25) is 10.0 Å². The molecule has 1 saturated heterocycles. The van der Waals surface area contributed by atoms with E-state index in [0.717, 1.165) is 49.3 Å². The SMILES string of the molecule is Cc1cccc(-c2ccc(CN3CCC4(CC3)OC(c3cc(Cl)cc(Cl)c3)c3ccccc34)nc2)c1. The summed E-state index contributed by atoms with van der Waals surface area (Å²) in [6.45, 7) is 4.88. The van der Waals surface area contributed by atoms with Crippen LogP contribution < -0.4 is 0 Å². The van der Waals surface area contributed by atoms with Crippen molar-refractivity contribution in [3.05, 3.63) is 123 Å². The molecule has 2 aliphatic rings. The third-order valence-electron chi connectivity index (χ3n) is 7.49. The van der Waals surface area contributed by atoms with Crippen molar-refractivity contribution >= 4 is 23.2 Å². The first-order chi connectivity index (χ1) is 17.5. The van der Waals surface area contributed by atoms with Gasteiger partial charge < -0.3 is 4.74 Å². The van der Waals surface area contributed by atoms with Gasteiger partial charge in [0.15, 0.2) is 0 Å². The Hall–Kier alpha value is -2.69. The van der Waals surface area contributed by atoms with Crippen LogP contribution in [0.5, 0.6) is 0 Å². The highest BCUT2D eigenvalue weighted by Crippen LogP contribution is 2.51. The van der Waals surface area contributed by atoms with Gasteiger partial charge >= 0.3 is 0 Å². The zero-order valence-electron chi connectivity index (χ0n) is 20.3. The normalized spacial score (nSPS) is 18.9. The number of pyridine rings is 1. The summed E-state index contributed by atoms with van der Waals surface area (Å²) in [7, 11) is 0. The lowest BCUT2D eigenvalue weighted by Gasteiger charge is -2.39. The Morgan fingerprint density at radius 3 is 2.39 bits per heavy atom. The third kappa shape index (κ3) is 4.57. The maximum Gasteiger partial charge on any atom is 0.109 e. The maximum absolute atomic E-state index is 6.87. The zero-order valence-corrected chi connectivity index (χ0v) is 21.8. The number of rotatable bonds is 4. The molecule has 36 heavy (non-hydrogen) atoms. The average molecular weight is 515 g/mol. The molecule has 1 aromatic heterocycles. The fourth-order valence-corrected chi connectivity index (χ4v) is 6.21. The Morgan fingerprint density at radius 2 is 1.67 bits per heavy atom. The van der Waals surface area contributed by atoms with Crippen LogP contribution >= 0.6 is 23.2 Å². The molecule has 0 bridgehead atoms. The van der Waals surface area contributed by atoms with Crippen LogP contribution in [-0.4, -0.2) is 23.0 Å². The van der Waals surface area contributed by atoms with Crippen LogP contribution in [-0.2, 0) is 16.9 Å². The predicted octanol–water partition coefficient (Wildman–Crippen LogP) is 7.97. The predicted molar refractivity (Wildman–Crippen MR) is 146 cm³/mol. The number of aromatic nitrogens is 1. The van der Waals surface area contributed by atoms with Gasteiger partial charge in [-0.2, -0.15) is 0 Å². The number of hydrogen-bond acceptors (Lipinski definition) is 3. The first-order valence-electron chi connectivity index (χ1n) is 12.5. The van der Waals surface area contributed by atoms with Gasteiger partial charge in [-0.25, -0.2) is 0 Å². The van der Waals surface area contributed by atoms with E-state index in [2.05, 4.69) is 72.5 Å². The molecule has 6 rings (SSSR count). The fourth-order valence-electron chi connectivity index (χ4n) is 5.67. The number of halogens is 2. The highest BCUT2D eigenvalue weighted by atomic mass is 35.5. The molecule has 182 valence electrons. The molecular formula is C31H28Cl2N2O. The van der Waals surface area contributed by atoms with Crippen LogP contribution in [0.3, 0.4) is 0 Å². The molecule has 0 radical (unpaired) electrons. The van der Waals surface area contributed by atoms with Crippen molar-refractivity contribution in [1.29, 1.82) is 0 Å². The molecule has 4 aromatic rings. The first-order valence-corrected chi connectivity index (χ1v) is 13.2. The highest BCUT2D eigenvalue weighted by molar-refractivity contribution is 6.34. The smallest absolute Gasteiger partial charge is 0.109 e. The fraction of sp³-hybridized carbons (Fsp3) is 0.258. The summed E-state index contributed by atoms with van der Waals surface area (Å²) in [5.74, 6) is 0. The Bertz CT molecular complexity index is 1370. The third-order valence-corrected chi connectivity index (χ3v) is 7.93. The topological polar surface area (TPSA) is 25.4 Å². The van der Waals surface area contributed by atoms with Crippen LogP contribution in [0, 0.1) is 6.92 Å². The van der Waals surface area contributed by atoms with Gasteiger partial charge in [-0.15, -0.1) is 0 Å². The van der Waals surface area contributed by atoms with Crippen LogP contribution in [0.25, 0.3) is 11.1 Å². The van der Waals surface area contributed by atoms with Gasteiger partial charge in [0, 0.05) is 41.4 Å². The summed E-state index contributed by atoms with van der Waals surface area (Å²) in [6.07, 6.45) is 3.72. The van der Waals surface area contributed by atoms with Crippen LogP contribution in [0.4, 0.5) is 0 Å². The lowest BCUT2D eigenvalue weighted by atomic mass is 9.83. The average Bonchev–Trinajstić information content (AvgIpc) is 3.20. The van der Waals surface area contributed by atoms with E-state index in [1.54, 1.807) is 6.07 Å². The van der Waals surface area contributed by atoms with E-state index in [1.807, 2.05) is 18.3 Å². The van der Waals surface area contributed by atoms with E-state index in [1.165, 1.54) is 22.3 Å². The number of fused-ring (bicyclic) bond motifs is 2. The van der Waals surface area contributed by atoms with Gasteiger partial charge in [-0.05, 0) is 66.3 Å². The molecule has 1 atom stereocenters. The molecule has 3 aromatic carbocycles. The number of piperidine rings is 1. The van der Waals surface area contributed by atoms with Gasteiger partial charge in [0.2, 0.25) is 0 Å². The quantitative estimate of drug-likeness (QED) is 0.276. The van der Waals surface area contributed by atoms with Crippen molar-refractivity contribution in [1.82, 2.24) is 9.88 Å². The van der Waals surface area contributed by atoms with E-state index >= 15 is 0 Å². The number of ether oxygens (including phenoxy) is 1. The molecule has 0 saturated carbocycles. The Labute approximate surface area is 222 Å². The number of likely N-dealkylation sites (tertiary alicyclic amines) is 1.